The molecule has 6 rings (SSSR count). The van der Waals surface area contributed by atoms with Crippen molar-refractivity contribution in [1.29, 1.82) is 0 Å². The highest BCUT2D eigenvalue weighted by Crippen LogP contribution is 2.48. The van der Waals surface area contributed by atoms with Crippen molar-refractivity contribution in [3.63, 3.8) is 0 Å². The summed E-state index contributed by atoms with van der Waals surface area (Å²) in [6, 6.07) is 8.65. The van der Waals surface area contributed by atoms with Crippen LogP contribution in [0.3, 0.4) is 0 Å². The summed E-state index contributed by atoms with van der Waals surface area (Å²) in [5, 5.41) is 0.642. The number of hydrogen-bond acceptors (Lipinski definition) is 9. The highest BCUT2D eigenvalue weighted by molar-refractivity contribution is 7.89. The highest BCUT2D eigenvalue weighted by atomic mass is 32.2. The standard InChI is InChI=1S/C29H35N5O6S2/c1-19(35)32-11-10-29(17-32)18-34(27(36)15-26-30-23-7-9-25(40-3)31-28(23)41-26)24-8-6-21(14-22(24)29)42(37,38)33(12-13-39-2)16-20-4-5-20/h6-9,14,20H,4-5,10-13,15-18H2,1-3H3. The first-order valence-electron chi connectivity index (χ1n) is 14.1. The number of fused-ring (bicyclic) bond motifs is 3. The summed E-state index contributed by atoms with van der Waals surface area (Å²) in [6.45, 7) is 3.97. The number of likely N-dealkylation sites (tertiary alicyclic amines) is 1. The Labute approximate surface area is 249 Å². The first kappa shape index (κ1) is 29.0. The predicted octanol–water partition coefficient (Wildman–Crippen LogP) is 2.83. The molecule has 3 aromatic rings. The zero-order valence-electron chi connectivity index (χ0n) is 24.0. The van der Waals surface area contributed by atoms with Crippen LogP contribution in [0.1, 0.15) is 36.8 Å². The van der Waals surface area contributed by atoms with Crippen molar-refractivity contribution >= 4 is 49.2 Å². The molecule has 4 heterocycles. The Bertz CT molecular complexity index is 1640. The van der Waals surface area contributed by atoms with Gasteiger partial charge in [0.05, 0.1) is 25.0 Å². The van der Waals surface area contributed by atoms with Gasteiger partial charge in [-0.2, -0.15) is 4.31 Å². The number of sulfonamides is 1. The van der Waals surface area contributed by atoms with Gasteiger partial charge in [-0.1, -0.05) is 11.3 Å². The van der Waals surface area contributed by atoms with Gasteiger partial charge in [0.15, 0.2) is 0 Å². The number of amides is 2. The van der Waals surface area contributed by atoms with E-state index in [1.165, 1.54) is 15.6 Å². The number of carbonyl (C=O) groups is 2. The summed E-state index contributed by atoms with van der Waals surface area (Å²) in [5.74, 6) is 0.698. The fourth-order valence-electron chi connectivity index (χ4n) is 6.02. The van der Waals surface area contributed by atoms with Gasteiger partial charge >= 0.3 is 0 Å². The third-order valence-corrected chi connectivity index (χ3v) is 11.3. The molecular formula is C29H35N5O6S2. The van der Waals surface area contributed by atoms with E-state index in [-0.39, 0.29) is 29.7 Å². The minimum Gasteiger partial charge on any atom is -0.481 e. The molecule has 3 aliphatic rings. The van der Waals surface area contributed by atoms with E-state index in [4.69, 9.17) is 9.47 Å². The lowest BCUT2D eigenvalue weighted by molar-refractivity contribution is -0.127. The largest absolute Gasteiger partial charge is 0.481 e. The van der Waals surface area contributed by atoms with Crippen LogP contribution in [0.25, 0.3) is 10.3 Å². The maximum absolute atomic E-state index is 13.9. The van der Waals surface area contributed by atoms with Crippen LogP contribution in [0.5, 0.6) is 5.88 Å². The Morgan fingerprint density at radius 3 is 2.64 bits per heavy atom. The molecule has 0 radical (unpaired) electrons. The van der Waals surface area contributed by atoms with Gasteiger partial charge in [0, 0.05) is 63.9 Å². The van der Waals surface area contributed by atoms with E-state index in [9.17, 15) is 18.0 Å². The second kappa shape index (κ2) is 11.2. The third kappa shape index (κ3) is 5.38. The summed E-state index contributed by atoms with van der Waals surface area (Å²) in [6.07, 6.45) is 2.79. The summed E-state index contributed by atoms with van der Waals surface area (Å²) in [4.78, 5) is 39.6. The van der Waals surface area contributed by atoms with Crippen molar-refractivity contribution in [3.8, 4) is 5.88 Å². The van der Waals surface area contributed by atoms with Gasteiger partial charge in [0.25, 0.3) is 0 Å². The minimum absolute atomic E-state index is 0.0328. The number of nitrogens with zero attached hydrogens (tertiary/aromatic N) is 5. The molecule has 1 saturated carbocycles. The maximum Gasteiger partial charge on any atom is 0.243 e. The molecule has 2 fully saturated rings. The molecule has 42 heavy (non-hydrogen) atoms. The zero-order valence-corrected chi connectivity index (χ0v) is 25.7. The fraction of sp³-hybridized carbons (Fsp3) is 0.517. The molecule has 11 nitrogen and oxygen atoms in total. The number of methoxy groups -OCH3 is 2. The van der Waals surface area contributed by atoms with Crippen LogP contribution in [0, 0.1) is 5.92 Å². The number of pyridine rings is 1. The number of benzene rings is 1. The number of rotatable bonds is 10. The molecule has 224 valence electrons. The second-order valence-electron chi connectivity index (χ2n) is 11.4. The molecule has 1 aliphatic carbocycles. The number of thiazole rings is 1. The summed E-state index contributed by atoms with van der Waals surface area (Å²) >= 11 is 1.35. The van der Waals surface area contributed by atoms with Crippen LogP contribution in [0.4, 0.5) is 5.69 Å². The number of hydrogen-bond donors (Lipinski definition) is 0. The minimum atomic E-state index is -3.79. The lowest BCUT2D eigenvalue weighted by atomic mass is 9.81. The molecule has 2 aromatic heterocycles. The van der Waals surface area contributed by atoms with Crippen LogP contribution in [0.2, 0.25) is 0 Å². The molecule has 13 heteroatoms. The van der Waals surface area contributed by atoms with Gasteiger partial charge in [-0.25, -0.2) is 18.4 Å². The maximum atomic E-state index is 13.9. The Morgan fingerprint density at radius 1 is 1.14 bits per heavy atom. The summed E-state index contributed by atoms with van der Waals surface area (Å²) < 4.78 is 39.7. The predicted molar refractivity (Wildman–Crippen MR) is 158 cm³/mol. The van der Waals surface area contributed by atoms with Gasteiger partial charge in [-0.05, 0) is 55.0 Å². The Morgan fingerprint density at radius 2 is 1.95 bits per heavy atom. The van der Waals surface area contributed by atoms with Gasteiger partial charge in [0.1, 0.15) is 15.4 Å². The number of anilines is 1. The van der Waals surface area contributed by atoms with Gasteiger partial charge in [-0.15, -0.1) is 0 Å². The highest BCUT2D eigenvalue weighted by Gasteiger charge is 2.50. The normalized spacial score (nSPS) is 20.2. The molecule has 2 amide bonds. The Kier molecular flexibility index (Phi) is 7.71. The van der Waals surface area contributed by atoms with Gasteiger partial charge in [-0.3, -0.25) is 9.59 Å². The van der Waals surface area contributed by atoms with E-state index in [0.29, 0.717) is 72.0 Å². The summed E-state index contributed by atoms with van der Waals surface area (Å²) in [7, 11) is -0.671. The quantitative estimate of drug-likeness (QED) is 0.342. The average Bonchev–Trinajstić information content (AvgIpc) is 3.41. The Balaban J connectivity index is 1.33. The molecule has 1 saturated heterocycles. The van der Waals surface area contributed by atoms with Crippen molar-refractivity contribution in [1.82, 2.24) is 19.2 Å². The molecule has 1 aromatic carbocycles. The Hall–Kier alpha value is -3.13. The number of aromatic nitrogens is 2. The molecule has 2 aliphatic heterocycles. The van der Waals surface area contributed by atoms with Gasteiger partial charge < -0.3 is 19.3 Å². The topological polar surface area (TPSA) is 122 Å². The zero-order chi connectivity index (χ0) is 29.6. The molecule has 1 atom stereocenters. The first-order chi connectivity index (χ1) is 20.1. The molecular weight excluding hydrogens is 578 g/mol. The number of ether oxygens (including phenoxy) is 2. The summed E-state index contributed by atoms with van der Waals surface area (Å²) in [5.41, 5.74) is 1.65. The van der Waals surface area contributed by atoms with E-state index in [1.807, 2.05) is 6.07 Å². The van der Waals surface area contributed by atoms with Crippen LogP contribution in [-0.4, -0.2) is 93.0 Å². The molecule has 1 unspecified atom stereocenters. The van der Waals surface area contributed by atoms with Crippen molar-refractivity contribution in [2.45, 2.75) is 42.9 Å². The third-order valence-electron chi connectivity index (χ3n) is 8.52. The van der Waals surface area contributed by atoms with E-state index in [2.05, 4.69) is 9.97 Å². The lowest BCUT2D eigenvalue weighted by Gasteiger charge is -2.26. The van der Waals surface area contributed by atoms with Crippen molar-refractivity contribution in [2.24, 2.45) is 5.92 Å². The van der Waals surface area contributed by atoms with Crippen LogP contribution >= 0.6 is 11.3 Å². The average molecular weight is 614 g/mol. The fourth-order valence-corrected chi connectivity index (χ4v) is 8.46. The molecule has 0 bridgehead atoms. The van der Waals surface area contributed by atoms with E-state index in [0.717, 1.165) is 18.4 Å². The van der Waals surface area contributed by atoms with E-state index in [1.54, 1.807) is 55.2 Å². The first-order valence-corrected chi connectivity index (χ1v) is 16.4. The van der Waals surface area contributed by atoms with E-state index >= 15 is 0 Å². The second-order valence-corrected chi connectivity index (χ2v) is 14.4. The molecule has 1 spiro atoms. The number of carbonyl (C=O) groups excluding carboxylic acids is 2. The SMILES string of the molecule is COCCN(CC1CC1)S(=O)(=O)c1ccc2c(c1)C1(CCN(C(C)=O)C1)CN2C(=O)Cc1nc2ccc(OC)nc2s1. The molecule has 0 N–H and O–H groups in total. The lowest BCUT2D eigenvalue weighted by Crippen LogP contribution is -2.40. The van der Waals surface area contributed by atoms with Gasteiger partial charge in [0.2, 0.25) is 27.7 Å². The van der Waals surface area contributed by atoms with Crippen LogP contribution < -0.4 is 9.64 Å². The van der Waals surface area contributed by atoms with Crippen molar-refractivity contribution < 1.29 is 27.5 Å². The van der Waals surface area contributed by atoms with E-state index < -0.39 is 15.4 Å². The smallest absolute Gasteiger partial charge is 0.243 e. The van der Waals surface area contributed by atoms with Crippen molar-refractivity contribution in [3.05, 3.63) is 40.9 Å². The van der Waals surface area contributed by atoms with Crippen LogP contribution in [-0.2, 0) is 36.2 Å². The van der Waals surface area contributed by atoms with Crippen molar-refractivity contribution in [2.75, 3.05) is 58.5 Å². The monoisotopic (exact) mass is 613 g/mol. The van der Waals surface area contributed by atoms with Crippen LogP contribution in [0.15, 0.2) is 35.2 Å².